The molecule has 0 aliphatic rings. The Hall–Kier alpha value is -3.84. The van der Waals surface area contributed by atoms with E-state index in [4.69, 9.17) is 4.74 Å². The number of anilines is 1. The summed E-state index contributed by atoms with van der Waals surface area (Å²) in [6.45, 7) is 4.40. The van der Waals surface area contributed by atoms with Crippen molar-refractivity contribution in [3.8, 4) is 11.8 Å². The zero-order valence-electron chi connectivity index (χ0n) is 16.5. The van der Waals surface area contributed by atoms with Crippen LogP contribution < -0.4 is 10.1 Å². The van der Waals surface area contributed by atoms with E-state index in [9.17, 15) is 10.1 Å². The molecule has 0 atom stereocenters. The second kappa shape index (κ2) is 9.38. The van der Waals surface area contributed by atoms with Gasteiger partial charge < -0.3 is 10.1 Å². The average Bonchev–Trinajstić information content (AvgIpc) is 2.74. The molecule has 3 rings (SSSR count). The zero-order valence-corrected chi connectivity index (χ0v) is 16.5. The van der Waals surface area contributed by atoms with Gasteiger partial charge in [0, 0.05) is 5.69 Å². The first-order chi connectivity index (χ1) is 14.0. The second-order valence-corrected chi connectivity index (χ2v) is 6.79. The van der Waals surface area contributed by atoms with E-state index in [2.05, 4.69) is 5.32 Å². The van der Waals surface area contributed by atoms with E-state index in [0.717, 1.165) is 28.0 Å². The van der Waals surface area contributed by atoms with Crippen LogP contribution in [-0.4, -0.2) is 5.91 Å². The summed E-state index contributed by atoms with van der Waals surface area (Å²) in [5.74, 6) is 0.299. The van der Waals surface area contributed by atoms with Crippen molar-refractivity contribution in [3.05, 3.63) is 101 Å². The number of nitrogens with one attached hydrogen (secondary N) is 1. The van der Waals surface area contributed by atoms with Gasteiger partial charge in [-0.3, -0.25) is 4.79 Å². The van der Waals surface area contributed by atoms with Gasteiger partial charge in [-0.25, -0.2) is 0 Å². The molecule has 0 radical (unpaired) electrons. The molecule has 0 saturated carbocycles. The molecule has 0 aliphatic carbocycles. The van der Waals surface area contributed by atoms with Crippen LogP contribution in [0.15, 0.2) is 78.4 Å². The largest absolute Gasteiger partial charge is 0.489 e. The third-order valence-corrected chi connectivity index (χ3v) is 4.43. The first-order valence-corrected chi connectivity index (χ1v) is 9.32. The standard InChI is InChI=1S/C25H22N2O2/c1-18-8-13-24(19(2)14-18)27-25(28)22(16-26)15-20-9-11-23(12-10-20)29-17-21-6-4-3-5-7-21/h3-15H,17H2,1-2H3,(H,27,28)/b22-15-. The van der Waals surface area contributed by atoms with Gasteiger partial charge in [-0.05, 0) is 54.8 Å². The van der Waals surface area contributed by atoms with Crippen molar-refractivity contribution in [2.75, 3.05) is 5.32 Å². The molecule has 4 nitrogen and oxygen atoms in total. The summed E-state index contributed by atoms with van der Waals surface area (Å²) < 4.78 is 5.76. The Kier molecular flexibility index (Phi) is 6.44. The molecule has 3 aromatic rings. The molecule has 0 spiro atoms. The van der Waals surface area contributed by atoms with Crippen LogP contribution in [0.3, 0.4) is 0 Å². The summed E-state index contributed by atoms with van der Waals surface area (Å²) in [5.41, 5.74) is 4.66. The molecule has 0 saturated heterocycles. The summed E-state index contributed by atoms with van der Waals surface area (Å²) in [6, 6.07) is 24.9. The number of hydrogen-bond donors (Lipinski definition) is 1. The lowest BCUT2D eigenvalue weighted by Gasteiger charge is -2.09. The van der Waals surface area contributed by atoms with Gasteiger partial charge in [0.25, 0.3) is 5.91 Å². The molecule has 144 valence electrons. The Morgan fingerprint density at radius 3 is 2.41 bits per heavy atom. The minimum absolute atomic E-state index is 0.0444. The molecule has 0 bridgehead atoms. The smallest absolute Gasteiger partial charge is 0.266 e. The summed E-state index contributed by atoms with van der Waals surface area (Å²) in [4.78, 5) is 12.5. The summed E-state index contributed by atoms with van der Waals surface area (Å²) >= 11 is 0. The lowest BCUT2D eigenvalue weighted by atomic mass is 10.1. The number of nitrogens with zero attached hydrogens (tertiary/aromatic N) is 1. The first kappa shape index (κ1) is 19.9. The van der Waals surface area contributed by atoms with Gasteiger partial charge in [0.15, 0.2) is 0 Å². The number of benzene rings is 3. The van der Waals surface area contributed by atoms with Crippen LogP contribution >= 0.6 is 0 Å². The van der Waals surface area contributed by atoms with E-state index < -0.39 is 5.91 Å². The fraction of sp³-hybridized carbons (Fsp3) is 0.120. The molecule has 0 unspecified atom stereocenters. The molecule has 3 aromatic carbocycles. The van der Waals surface area contributed by atoms with Crippen LogP contribution in [0, 0.1) is 25.2 Å². The van der Waals surface area contributed by atoms with Gasteiger partial charge in [-0.15, -0.1) is 0 Å². The Morgan fingerprint density at radius 2 is 1.76 bits per heavy atom. The number of ether oxygens (including phenoxy) is 1. The van der Waals surface area contributed by atoms with E-state index in [1.54, 1.807) is 6.08 Å². The van der Waals surface area contributed by atoms with Crippen LogP contribution in [0.25, 0.3) is 6.08 Å². The van der Waals surface area contributed by atoms with Crippen LogP contribution in [0.1, 0.15) is 22.3 Å². The van der Waals surface area contributed by atoms with Gasteiger partial charge in [0.05, 0.1) is 0 Å². The minimum atomic E-state index is -0.427. The number of aryl methyl sites for hydroxylation is 2. The summed E-state index contributed by atoms with van der Waals surface area (Å²) in [7, 11) is 0. The van der Waals surface area contributed by atoms with Gasteiger partial charge >= 0.3 is 0 Å². The third kappa shape index (κ3) is 5.57. The SMILES string of the molecule is Cc1ccc(NC(=O)/C(C#N)=C\c2ccc(OCc3ccccc3)cc2)c(C)c1. The normalized spacial score (nSPS) is 10.9. The van der Waals surface area contributed by atoms with Gasteiger partial charge in [0.2, 0.25) is 0 Å². The first-order valence-electron chi connectivity index (χ1n) is 9.32. The second-order valence-electron chi connectivity index (χ2n) is 6.79. The third-order valence-electron chi connectivity index (χ3n) is 4.43. The predicted octanol–water partition coefficient (Wildman–Crippen LogP) is 5.43. The molecule has 0 fully saturated rings. The number of nitriles is 1. The van der Waals surface area contributed by atoms with Crippen molar-refractivity contribution in [2.45, 2.75) is 20.5 Å². The quantitative estimate of drug-likeness (QED) is 0.457. The topological polar surface area (TPSA) is 62.1 Å². The van der Waals surface area contributed by atoms with Crippen molar-refractivity contribution in [2.24, 2.45) is 0 Å². The van der Waals surface area contributed by atoms with Crippen LogP contribution in [0.4, 0.5) is 5.69 Å². The fourth-order valence-electron chi connectivity index (χ4n) is 2.86. The maximum absolute atomic E-state index is 12.5. The number of amides is 1. The number of carbonyl (C=O) groups is 1. The molecule has 1 N–H and O–H groups in total. The van der Waals surface area contributed by atoms with E-state index in [1.807, 2.05) is 92.7 Å². The molecule has 0 aliphatic heterocycles. The highest BCUT2D eigenvalue weighted by Gasteiger charge is 2.11. The molecule has 0 heterocycles. The summed E-state index contributed by atoms with van der Waals surface area (Å²) in [5, 5.41) is 12.2. The number of carbonyl (C=O) groups excluding carboxylic acids is 1. The fourth-order valence-corrected chi connectivity index (χ4v) is 2.86. The van der Waals surface area contributed by atoms with E-state index in [0.29, 0.717) is 12.3 Å². The Bertz CT molecular complexity index is 1060. The highest BCUT2D eigenvalue weighted by molar-refractivity contribution is 6.09. The Morgan fingerprint density at radius 1 is 1.03 bits per heavy atom. The van der Waals surface area contributed by atoms with Gasteiger partial charge in [-0.2, -0.15) is 5.26 Å². The number of rotatable bonds is 6. The zero-order chi connectivity index (χ0) is 20.6. The van der Waals surface area contributed by atoms with Crippen molar-refractivity contribution < 1.29 is 9.53 Å². The molecule has 29 heavy (non-hydrogen) atoms. The highest BCUT2D eigenvalue weighted by atomic mass is 16.5. The van der Waals surface area contributed by atoms with E-state index in [-0.39, 0.29) is 5.57 Å². The van der Waals surface area contributed by atoms with Crippen molar-refractivity contribution in [1.29, 1.82) is 5.26 Å². The monoisotopic (exact) mass is 382 g/mol. The molecular formula is C25H22N2O2. The molecule has 4 heteroatoms. The average molecular weight is 382 g/mol. The lowest BCUT2D eigenvalue weighted by molar-refractivity contribution is -0.112. The van der Waals surface area contributed by atoms with Crippen molar-refractivity contribution in [3.63, 3.8) is 0 Å². The van der Waals surface area contributed by atoms with Crippen molar-refractivity contribution >= 4 is 17.7 Å². The molecular weight excluding hydrogens is 360 g/mol. The Balaban J connectivity index is 1.66. The molecule has 1 amide bonds. The van der Waals surface area contributed by atoms with E-state index in [1.165, 1.54) is 0 Å². The summed E-state index contributed by atoms with van der Waals surface area (Å²) in [6.07, 6.45) is 1.57. The van der Waals surface area contributed by atoms with Gasteiger partial charge in [0.1, 0.15) is 24.0 Å². The van der Waals surface area contributed by atoms with Crippen molar-refractivity contribution in [1.82, 2.24) is 0 Å². The predicted molar refractivity (Wildman–Crippen MR) is 115 cm³/mol. The van der Waals surface area contributed by atoms with Crippen LogP contribution in [-0.2, 0) is 11.4 Å². The van der Waals surface area contributed by atoms with Crippen LogP contribution in [0.5, 0.6) is 5.75 Å². The number of hydrogen-bond acceptors (Lipinski definition) is 3. The van der Waals surface area contributed by atoms with Gasteiger partial charge in [-0.1, -0.05) is 60.2 Å². The van der Waals surface area contributed by atoms with Crippen LogP contribution in [0.2, 0.25) is 0 Å². The Labute approximate surface area is 171 Å². The van der Waals surface area contributed by atoms with E-state index >= 15 is 0 Å². The maximum Gasteiger partial charge on any atom is 0.266 e. The minimum Gasteiger partial charge on any atom is -0.489 e. The maximum atomic E-state index is 12.5. The highest BCUT2D eigenvalue weighted by Crippen LogP contribution is 2.19. The lowest BCUT2D eigenvalue weighted by Crippen LogP contribution is -2.14. The molecule has 0 aromatic heterocycles.